The fourth-order valence-electron chi connectivity index (χ4n) is 1.86. The maximum Gasteiger partial charge on any atom is 0.303 e. The van der Waals surface area contributed by atoms with Crippen molar-refractivity contribution >= 4 is 5.97 Å². The predicted octanol–water partition coefficient (Wildman–Crippen LogP) is 1.70. The molecule has 0 bridgehead atoms. The lowest BCUT2D eigenvalue weighted by molar-refractivity contribution is -0.136. The van der Waals surface area contributed by atoms with Crippen LogP contribution in [0, 0.1) is 6.92 Å². The van der Waals surface area contributed by atoms with Crippen LogP contribution in [0.1, 0.15) is 36.7 Å². The lowest BCUT2D eigenvalue weighted by Gasteiger charge is -2.03. The first kappa shape index (κ1) is 11.8. The third kappa shape index (κ3) is 2.81. The molecule has 0 spiro atoms. The molecule has 0 saturated heterocycles. The van der Waals surface area contributed by atoms with E-state index in [0.29, 0.717) is 6.42 Å². The average Bonchev–Trinajstić information content (AvgIpc) is 2.40. The minimum Gasteiger partial charge on any atom is -0.481 e. The molecule has 0 aliphatic heterocycles. The first-order chi connectivity index (χ1) is 7.06. The summed E-state index contributed by atoms with van der Waals surface area (Å²) in [6.45, 7) is 4.10. The predicted molar refractivity (Wildman–Crippen MR) is 57.9 cm³/mol. The van der Waals surface area contributed by atoms with Crippen molar-refractivity contribution in [1.82, 2.24) is 9.78 Å². The van der Waals surface area contributed by atoms with Gasteiger partial charge in [-0.1, -0.05) is 13.3 Å². The van der Waals surface area contributed by atoms with Crippen molar-refractivity contribution in [3.63, 3.8) is 0 Å². The van der Waals surface area contributed by atoms with E-state index >= 15 is 0 Å². The lowest BCUT2D eigenvalue weighted by Crippen LogP contribution is -2.05. The quantitative estimate of drug-likeness (QED) is 0.804. The number of hydrogen-bond donors (Lipinski definition) is 1. The highest BCUT2D eigenvalue weighted by molar-refractivity contribution is 5.67. The second kappa shape index (κ2) is 4.96. The molecule has 1 heterocycles. The molecule has 0 aliphatic carbocycles. The zero-order valence-corrected chi connectivity index (χ0v) is 9.58. The van der Waals surface area contributed by atoms with Crippen LogP contribution in [0.3, 0.4) is 0 Å². The van der Waals surface area contributed by atoms with Crippen molar-refractivity contribution in [3.8, 4) is 0 Å². The summed E-state index contributed by atoms with van der Waals surface area (Å²) in [5, 5.41) is 13.0. The third-order valence-corrected chi connectivity index (χ3v) is 2.55. The Hall–Kier alpha value is -1.32. The first-order valence-corrected chi connectivity index (χ1v) is 5.29. The van der Waals surface area contributed by atoms with E-state index in [9.17, 15) is 4.79 Å². The zero-order chi connectivity index (χ0) is 11.4. The Kier molecular flexibility index (Phi) is 3.88. The SMILES string of the molecule is CCCc1c(C)nn(C)c1CCC(=O)O. The van der Waals surface area contributed by atoms with Crippen LogP contribution in [0.5, 0.6) is 0 Å². The Morgan fingerprint density at radius 3 is 2.67 bits per heavy atom. The van der Waals surface area contributed by atoms with E-state index in [4.69, 9.17) is 5.11 Å². The van der Waals surface area contributed by atoms with Crippen LogP contribution in [0.25, 0.3) is 0 Å². The third-order valence-electron chi connectivity index (χ3n) is 2.55. The van der Waals surface area contributed by atoms with E-state index in [2.05, 4.69) is 12.0 Å². The summed E-state index contributed by atoms with van der Waals surface area (Å²) in [4.78, 5) is 10.5. The van der Waals surface area contributed by atoms with Gasteiger partial charge in [-0.25, -0.2) is 0 Å². The standard InChI is InChI=1S/C11H18N2O2/c1-4-5-9-8(2)12-13(3)10(9)6-7-11(14)15/h4-7H2,1-3H3,(H,14,15). The Morgan fingerprint density at radius 2 is 2.13 bits per heavy atom. The van der Waals surface area contributed by atoms with Gasteiger partial charge in [0.2, 0.25) is 0 Å². The van der Waals surface area contributed by atoms with Crippen LogP contribution < -0.4 is 0 Å². The average molecular weight is 210 g/mol. The molecule has 0 aromatic carbocycles. The molecule has 84 valence electrons. The molecule has 1 N–H and O–H groups in total. The molecule has 0 saturated carbocycles. The van der Waals surface area contributed by atoms with Gasteiger partial charge in [0, 0.05) is 19.2 Å². The fraction of sp³-hybridized carbons (Fsp3) is 0.636. The maximum atomic E-state index is 10.5. The van der Waals surface area contributed by atoms with Crippen LogP contribution >= 0.6 is 0 Å². The molecule has 0 unspecified atom stereocenters. The van der Waals surface area contributed by atoms with Crippen molar-refractivity contribution in [2.24, 2.45) is 7.05 Å². The summed E-state index contributed by atoms with van der Waals surface area (Å²) in [6.07, 6.45) is 2.79. The smallest absolute Gasteiger partial charge is 0.303 e. The molecule has 1 aromatic heterocycles. The van der Waals surface area contributed by atoms with Crippen molar-refractivity contribution in [2.75, 3.05) is 0 Å². The molecule has 15 heavy (non-hydrogen) atoms. The molecule has 1 rings (SSSR count). The summed E-state index contributed by atoms with van der Waals surface area (Å²) in [5.41, 5.74) is 3.32. The molecular weight excluding hydrogens is 192 g/mol. The van der Waals surface area contributed by atoms with E-state index in [-0.39, 0.29) is 6.42 Å². The second-order valence-electron chi connectivity index (χ2n) is 3.78. The van der Waals surface area contributed by atoms with Gasteiger partial charge in [0.15, 0.2) is 0 Å². The van der Waals surface area contributed by atoms with Crippen LogP contribution in [-0.2, 0) is 24.7 Å². The molecule has 4 heteroatoms. The molecule has 0 radical (unpaired) electrons. The highest BCUT2D eigenvalue weighted by Crippen LogP contribution is 2.16. The van der Waals surface area contributed by atoms with Crippen molar-refractivity contribution in [2.45, 2.75) is 39.5 Å². The maximum absolute atomic E-state index is 10.5. The Labute approximate surface area is 89.9 Å². The summed E-state index contributed by atoms with van der Waals surface area (Å²) in [7, 11) is 1.88. The van der Waals surface area contributed by atoms with Gasteiger partial charge in [0.1, 0.15) is 0 Å². The Morgan fingerprint density at radius 1 is 1.47 bits per heavy atom. The summed E-state index contributed by atoms with van der Waals surface area (Å²) < 4.78 is 1.81. The number of aromatic nitrogens is 2. The van der Waals surface area contributed by atoms with Crippen LogP contribution in [-0.4, -0.2) is 20.9 Å². The number of carboxylic acids is 1. The molecular formula is C11H18N2O2. The molecule has 0 atom stereocenters. The lowest BCUT2D eigenvalue weighted by atomic mass is 10.0. The van der Waals surface area contributed by atoms with Gasteiger partial charge in [-0.05, 0) is 18.9 Å². The number of aliphatic carboxylic acids is 1. The number of carbonyl (C=O) groups is 1. The van der Waals surface area contributed by atoms with E-state index in [1.165, 1.54) is 5.56 Å². The Bertz CT molecular complexity index is 356. The summed E-state index contributed by atoms with van der Waals surface area (Å²) in [5.74, 6) is -0.753. The zero-order valence-electron chi connectivity index (χ0n) is 9.58. The second-order valence-corrected chi connectivity index (χ2v) is 3.78. The fourth-order valence-corrected chi connectivity index (χ4v) is 1.86. The number of hydrogen-bond acceptors (Lipinski definition) is 2. The van der Waals surface area contributed by atoms with E-state index in [0.717, 1.165) is 24.2 Å². The topological polar surface area (TPSA) is 55.1 Å². The van der Waals surface area contributed by atoms with Gasteiger partial charge in [-0.2, -0.15) is 5.10 Å². The minimum atomic E-state index is -0.753. The van der Waals surface area contributed by atoms with E-state index in [1.54, 1.807) is 0 Å². The highest BCUT2D eigenvalue weighted by atomic mass is 16.4. The van der Waals surface area contributed by atoms with Crippen LogP contribution in [0.15, 0.2) is 0 Å². The van der Waals surface area contributed by atoms with E-state index < -0.39 is 5.97 Å². The van der Waals surface area contributed by atoms with Gasteiger partial charge in [-0.15, -0.1) is 0 Å². The summed E-state index contributed by atoms with van der Waals surface area (Å²) in [6, 6.07) is 0. The molecule has 0 amide bonds. The molecule has 0 aliphatic rings. The van der Waals surface area contributed by atoms with Crippen LogP contribution in [0.2, 0.25) is 0 Å². The number of nitrogens with zero attached hydrogens (tertiary/aromatic N) is 2. The molecule has 4 nitrogen and oxygen atoms in total. The monoisotopic (exact) mass is 210 g/mol. The van der Waals surface area contributed by atoms with Crippen LogP contribution in [0.4, 0.5) is 0 Å². The first-order valence-electron chi connectivity index (χ1n) is 5.29. The summed E-state index contributed by atoms with van der Waals surface area (Å²) >= 11 is 0. The number of carboxylic acid groups (broad SMARTS) is 1. The van der Waals surface area contributed by atoms with Gasteiger partial charge in [-0.3, -0.25) is 9.48 Å². The molecule has 0 fully saturated rings. The van der Waals surface area contributed by atoms with Crippen molar-refractivity contribution < 1.29 is 9.90 Å². The Balaban J connectivity index is 2.88. The van der Waals surface area contributed by atoms with Crippen molar-refractivity contribution in [1.29, 1.82) is 0 Å². The van der Waals surface area contributed by atoms with Crippen molar-refractivity contribution in [3.05, 3.63) is 17.0 Å². The number of aryl methyl sites for hydroxylation is 2. The number of rotatable bonds is 5. The van der Waals surface area contributed by atoms with Gasteiger partial charge in [0.05, 0.1) is 12.1 Å². The van der Waals surface area contributed by atoms with Gasteiger partial charge < -0.3 is 5.11 Å². The van der Waals surface area contributed by atoms with E-state index in [1.807, 2.05) is 18.7 Å². The highest BCUT2D eigenvalue weighted by Gasteiger charge is 2.13. The largest absolute Gasteiger partial charge is 0.481 e. The minimum absolute atomic E-state index is 0.176. The van der Waals surface area contributed by atoms with Gasteiger partial charge in [0.25, 0.3) is 0 Å². The normalized spacial score (nSPS) is 10.6. The van der Waals surface area contributed by atoms with Gasteiger partial charge >= 0.3 is 5.97 Å². The molecule has 1 aromatic rings.